The quantitative estimate of drug-likeness (QED) is 0.124. The van der Waals surface area contributed by atoms with E-state index in [1.807, 2.05) is 46.2 Å². The molecule has 0 aliphatic carbocycles. The average Bonchev–Trinajstić information content (AvgIpc) is 3.83. The van der Waals surface area contributed by atoms with Crippen molar-refractivity contribution < 1.29 is 0 Å². The van der Waals surface area contributed by atoms with E-state index in [1.165, 1.54) is 84.2 Å². The first-order valence-corrected chi connectivity index (χ1v) is 19.7. The number of thiophene rings is 3. The van der Waals surface area contributed by atoms with Gasteiger partial charge in [-0.15, -0.1) is 34.0 Å². The Bertz CT molecular complexity index is 2410. The molecule has 0 bridgehead atoms. The van der Waals surface area contributed by atoms with Gasteiger partial charge in [-0.1, -0.05) is 141 Å². The van der Waals surface area contributed by atoms with Crippen molar-refractivity contribution in [2.45, 2.75) is 27.7 Å². The maximum atomic E-state index is 4.03. The zero-order valence-electron chi connectivity index (χ0n) is 29.5. The maximum Gasteiger partial charge on any atom is 0.0636 e. The van der Waals surface area contributed by atoms with Gasteiger partial charge in [0, 0.05) is 24.7 Å². The van der Waals surface area contributed by atoms with Gasteiger partial charge in [0.2, 0.25) is 0 Å². The van der Waals surface area contributed by atoms with E-state index in [2.05, 4.69) is 174 Å². The lowest BCUT2D eigenvalue weighted by Crippen LogP contribution is -1.99. The van der Waals surface area contributed by atoms with Crippen molar-refractivity contribution in [3.05, 3.63) is 181 Å². The summed E-state index contributed by atoms with van der Waals surface area (Å²) in [5, 5.41) is 0. The second-order valence-corrected chi connectivity index (χ2v) is 15.7. The van der Waals surface area contributed by atoms with Crippen LogP contribution in [0.3, 0.4) is 0 Å². The lowest BCUT2D eigenvalue weighted by molar-refractivity contribution is 1.34. The summed E-state index contributed by atoms with van der Waals surface area (Å²) in [6.07, 6.45) is 16.5. The molecule has 0 nitrogen and oxygen atoms in total. The van der Waals surface area contributed by atoms with Crippen molar-refractivity contribution in [1.29, 1.82) is 0 Å². The highest BCUT2D eigenvalue weighted by Gasteiger charge is 2.22. The lowest BCUT2D eigenvalue weighted by Gasteiger charge is -2.19. The molecule has 0 aliphatic heterocycles. The Morgan fingerprint density at radius 3 is 1.41 bits per heavy atom. The van der Waals surface area contributed by atoms with Crippen molar-refractivity contribution in [2.24, 2.45) is 0 Å². The Balaban J connectivity index is 1.44. The third-order valence-corrected chi connectivity index (χ3v) is 13.1. The normalized spacial score (nSPS) is 12.5. The molecule has 0 saturated heterocycles. The van der Waals surface area contributed by atoms with Crippen LogP contribution in [0.25, 0.3) is 73.1 Å². The number of hydrogen-bond acceptors (Lipinski definition) is 3. The fraction of sp³-hybridized carbons (Fsp3) is 0.0833. The minimum absolute atomic E-state index is 1.15. The van der Waals surface area contributed by atoms with E-state index in [0.29, 0.717) is 0 Å². The molecule has 0 spiro atoms. The Morgan fingerprint density at radius 1 is 0.529 bits per heavy atom. The molecule has 0 atom stereocenters. The zero-order valence-corrected chi connectivity index (χ0v) is 31.9. The minimum atomic E-state index is 1.15. The highest BCUT2D eigenvalue weighted by molar-refractivity contribution is 7.40. The van der Waals surface area contributed by atoms with Crippen LogP contribution >= 0.6 is 34.0 Å². The largest absolute Gasteiger partial charge is 0.133 e. The van der Waals surface area contributed by atoms with Crippen LogP contribution in [0, 0.1) is 13.8 Å². The summed E-state index contributed by atoms with van der Waals surface area (Å²) < 4.78 is 5.44. The van der Waals surface area contributed by atoms with Crippen LogP contribution in [-0.2, 0) is 0 Å². The number of benzene rings is 4. The molecule has 0 saturated carbocycles. The fourth-order valence-electron chi connectivity index (χ4n) is 7.08. The van der Waals surface area contributed by atoms with Crippen LogP contribution < -0.4 is 0 Å². The third kappa shape index (κ3) is 6.50. The van der Waals surface area contributed by atoms with Crippen LogP contribution in [0.1, 0.15) is 36.1 Å². The molecule has 7 rings (SSSR count). The fourth-order valence-corrected chi connectivity index (χ4v) is 11.3. The van der Waals surface area contributed by atoms with E-state index >= 15 is 0 Å². The summed E-state index contributed by atoms with van der Waals surface area (Å²) in [4.78, 5) is 2.61. The zero-order chi connectivity index (χ0) is 35.5. The van der Waals surface area contributed by atoms with Gasteiger partial charge in [-0.05, 0) is 107 Å². The van der Waals surface area contributed by atoms with Gasteiger partial charge in [0.05, 0.1) is 9.40 Å². The first kappa shape index (κ1) is 34.4. The molecule has 3 aromatic heterocycles. The van der Waals surface area contributed by atoms with Gasteiger partial charge in [-0.2, -0.15) is 0 Å². The second-order valence-electron chi connectivity index (χ2n) is 12.5. The molecule has 250 valence electrons. The predicted octanol–water partition coefficient (Wildman–Crippen LogP) is 15.8. The molecule has 0 aliphatic rings. The molecule has 0 amide bonds. The van der Waals surface area contributed by atoms with Gasteiger partial charge in [0.25, 0.3) is 0 Å². The van der Waals surface area contributed by atoms with Crippen LogP contribution in [0.15, 0.2) is 159 Å². The molecule has 0 radical (unpaired) electrons. The summed E-state index contributed by atoms with van der Waals surface area (Å²) in [5.74, 6) is 0. The van der Waals surface area contributed by atoms with E-state index < -0.39 is 0 Å². The van der Waals surface area contributed by atoms with Gasteiger partial charge in [0.15, 0.2) is 0 Å². The molecule has 0 unspecified atom stereocenters. The van der Waals surface area contributed by atoms with Crippen LogP contribution in [0.5, 0.6) is 0 Å². The van der Waals surface area contributed by atoms with Gasteiger partial charge in [-0.3, -0.25) is 0 Å². The Kier molecular flexibility index (Phi) is 10.1. The van der Waals surface area contributed by atoms with Crippen LogP contribution in [-0.4, -0.2) is 0 Å². The third-order valence-electron chi connectivity index (χ3n) is 9.30. The monoisotopic (exact) mass is 712 g/mol. The van der Waals surface area contributed by atoms with Crippen molar-refractivity contribution in [3.8, 4) is 43.1 Å². The molecule has 51 heavy (non-hydrogen) atoms. The molecule has 3 heteroatoms. The lowest BCUT2D eigenvalue weighted by atomic mass is 9.85. The van der Waals surface area contributed by atoms with E-state index in [9.17, 15) is 0 Å². The van der Waals surface area contributed by atoms with E-state index in [4.69, 9.17) is 0 Å². The predicted molar refractivity (Wildman–Crippen MR) is 232 cm³/mol. The summed E-state index contributed by atoms with van der Waals surface area (Å²) in [6, 6.07) is 35.5. The maximum absolute atomic E-state index is 4.03. The average molecular weight is 713 g/mol. The SMILES string of the molecule is C=C/C=C(\C=C/C)c1cc(C(/C=C\C)=C/C=C)c(C)c(-c2cc3sc4cc(-c5c(-c6ccccc6)cccc5-c5ccccc5)sc4c3s2)c1C. The van der Waals surface area contributed by atoms with E-state index in [-0.39, 0.29) is 0 Å². The molecular weight excluding hydrogens is 673 g/mol. The second kappa shape index (κ2) is 15.0. The van der Waals surface area contributed by atoms with Gasteiger partial charge >= 0.3 is 0 Å². The van der Waals surface area contributed by atoms with Crippen molar-refractivity contribution >= 4 is 64.0 Å². The summed E-state index contributed by atoms with van der Waals surface area (Å²) in [5.41, 5.74) is 14.9. The summed E-state index contributed by atoms with van der Waals surface area (Å²) in [7, 11) is 0. The standard InChI is InChI=1S/C48H40S3/c1-7-18-33(19-8-2)39-28-40(34(20-9-3)21-10-4)32(6)45(31(39)5)41-29-43-47(50-41)48-44(49-43)30-42(51-48)46-37(35-22-13-11-14-23-35)26-17-27-38(46)36-24-15-12-16-25-36/h7-30H,1,3H2,2,4-6H3/b19-8-,21-10-,33-18+,34-20+. The molecular formula is C48H40S3. The van der Waals surface area contributed by atoms with Crippen LogP contribution in [0.4, 0.5) is 0 Å². The Morgan fingerprint density at radius 2 is 0.980 bits per heavy atom. The molecule has 4 aromatic carbocycles. The summed E-state index contributed by atoms with van der Waals surface area (Å²) >= 11 is 5.76. The molecule has 7 aromatic rings. The topological polar surface area (TPSA) is 0 Å². The summed E-state index contributed by atoms with van der Waals surface area (Å²) in [6.45, 7) is 16.7. The van der Waals surface area contributed by atoms with E-state index in [1.54, 1.807) is 0 Å². The number of fused-ring (bicyclic) bond motifs is 3. The van der Waals surface area contributed by atoms with Crippen molar-refractivity contribution in [1.82, 2.24) is 0 Å². The van der Waals surface area contributed by atoms with Gasteiger partial charge in [-0.25, -0.2) is 0 Å². The molecule has 0 N–H and O–H groups in total. The molecule has 0 fully saturated rings. The number of rotatable bonds is 10. The van der Waals surface area contributed by atoms with Crippen LogP contribution in [0.2, 0.25) is 0 Å². The highest BCUT2D eigenvalue weighted by atomic mass is 32.1. The highest BCUT2D eigenvalue weighted by Crippen LogP contribution is 2.52. The van der Waals surface area contributed by atoms with Gasteiger partial charge < -0.3 is 0 Å². The Hall–Kier alpha value is -5.06. The molecule has 3 heterocycles. The van der Waals surface area contributed by atoms with Gasteiger partial charge in [0.1, 0.15) is 0 Å². The van der Waals surface area contributed by atoms with E-state index in [0.717, 1.165) is 11.1 Å². The number of allylic oxidation sites excluding steroid dienone is 10. The smallest absolute Gasteiger partial charge is 0.0636 e. The minimum Gasteiger partial charge on any atom is -0.133 e. The Labute approximate surface area is 314 Å². The van der Waals surface area contributed by atoms with Crippen molar-refractivity contribution in [2.75, 3.05) is 0 Å². The van der Waals surface area contributed by atoms with Crippen molar-refractivity contribution in [3.63, 3.8) is 0 Å². The first-order valence-electron chi connectivity index (χ1n) is 17.2. The number of hydrogen-bond donors (Lipinski definition) is 0. The first-order chi connectivity index (χ1) is 25.0.